The monoisotopic (exact) mass is 277 g/mol. The minimum atomic E-state index is 0.395. The number of nitrogens with two attached hydrogens (primary N) is 1. The molecule has 0 aliphatic carbocycles. The van der Waals surface area contributed by atoms with E-state index in [1.807, 2.05) is 12.1 Å². The number of hydrogen-bond donors (Lipinski definition) is 1. The van der Waals surface area contributed by atoms with Crippen molar-refractivity contribution in [3.8, 4) is 22.8 Å². The number of benzene rings is 1. The molecule has 0 atom stereocenters. The highest BCUT2D eigenvalue weighted by Crippen LogP contribution is 2.38. The van der Waals surface area contributed by atoms with E-state index in [0.29, 0.717) is 18.2 Å². The minimum absolute atomic E-state index is 0.395. The molecular formula is C14H19N3O3. The Balaban J connectivity index is 2.69. The van der Waals surface area contributed by atoms with Gasteiger partial charge < -0.3 is 19.9 Å². The Hall–Kier alpha value is -2.21. The van der Waals surface area contributed by atoms with Gasteiger partial charge in [0, 0.05) is 25.8 Å². The Kier molecular flexibility index (Phi) is 4.14. The highest BCUT2D eigenvalue weighted by Gasteiger charge is 2.19. The number of nitrogens with zero attached hydrogens (tertiary/aromatic N) is 2. The molecule has 0 unspecified atom stereocenters. The van der Waals surface area contributed by atoms with Crippen molar-refractivity contribution < 1.29 is 14.2 Å². The van der Waals surface area contributed by atoms with E-state index in [-0.39, 0.29) is 0 Å². The number of aromatic nitrogens is 2. The predicted octanol–water partition coefficient (Wildman–Crippen LogP) is 1.83. The van der Waals surface area contributed by atoms with Crippen LogP contribution in [0.2, 0.25) is 0 Å². The number of aryl methyl sites for hydroxylation is 1. The fourth-order valence-corrected chi connectivity index (χ4v) is 2.14. The lowest BCUT2D eigenvalue weighted by molar-refractivity contribution is 0.181. The van der Waals surface area contributed by atoms with Crippen LogP contribution in [0.5, 0.6) is 11.5 Å². The smallest absolute Gasteiger partial charge is 0.128 e. The maximum atomic E-state index is 5.86. The van der Waals surface area contributed by atoms with E-state index in [1.54, 1.807) is 39.1 Å². The molecule has 2 rings (SSSR count). The van der Waals surface area contributed by atoms with Gasteiger partial charge in [0.25, 0.3) is 0 Å². The molecule has 1 heterocycles. The fraction of sp³-hybridized carbons (Fsp3) is 0.357. The van der Waals surface area contributed by atoms with Crippen molar-refractivity contribution >= 4 is 5.82 Å². The van der Waals surface area contributed by atoms with Crippen LogP contribution in [-0.2, 0) is 18.4 Å². The van der Waals surface area contributed by atoms with Crippen LogP contribution in [-0.4, -0.2) is 31.1 Å². The summed E-state index contributed by atoms with van der Waals surface area (Å²) in [6.45, 7) is 0.395. The number of anilines is 1. The van der Waals surface area contributed by atoms with Gasteiger partial charge in [0.1, 0.15) is 17.3 Å². The summed E-state index contributed by atoms with van der Waals surface area (Å²) in [5.41, 5.74) is 8.31. The van der Waals surface area contributed by atoms with Crippen LogP contribution in [0.15, 0.2) is 18.2 Å². The molecule has 108 valence electrons. The number of nitrogen functional groups attached to an aromatic ring is 1. The van der Waals surface area contributed by atoms with Gasteiger partial charge in [0.05, 0.1) is 32.1 Å². The Morgan fingerprint density at radius 1 is 1.15 bits per heavy atom. The summed E-state index contributed by atoms with van der Waals surface area (Å²) in [5.74, 6) is 2.01. The maximum Gasteiger partial charge on any atom is 0.128 e. The van der Waals surface area contributed by atoms with E-state index in [4.69, 9.17) is 19.9 Å². The lowest BCUT2D eigenvalue weighted by Crippen LogP contribution is -2.01. The van der Waals surface area contributed by atoms with Crippen LogP contribution >= 0.6 is 0 Å². The molecule has 0 amide bonds. The van der Waals surface area contributed by atoms with E-state index < -0.39 is 0 Å². The molecule has 0 fully saturated rings. The van der Waals surface area contributed by atoms with Crippen molar-refractivity contribution in [1.29, 1.82) is 0 Å². The average molecular weight is 277 g/mol. The molecule has 2 N–H and O–H groups in total. The van der Waals surface area contributed by atoms with Gasteiger partial charge in [-0.25, -0.2) is 0 Å². The second-order valence-corrected chi connectivity index (χ2v) is 4.33. The lowest BCUT2D eigenvalue weighted by atomic mass is 10.0. The molecule has 2 aromatic rings. The van der Waals surface area contributed by atoms with Crippen LogP contribution in [0, 0.1) is 0 Å². The largest absolute Gasteiger partial charge is 0.496 e. The summed E-state index contributed by atoms with van der Waals surface area (Å²) < 4.78 is 17.7. The van der Waals surface area contributed by atoms with Crippen LogP contribution < -0.4 is 15.2 Å². The summed E-state index contributed by atoms with van der Waals surface area (Å²) in [6, 6.07) is 5.50. The van der Waals surface area contributed by atoms with Crippen LogP contribution in [0.1, 0.15) is 5.56 Å². The predicted molar refractivity (Wildman–Crippen MR) is 76.9 cm³/mol. The first-order valence-electron chi connectivity index (χ1n) is 6.15. The molecule has 0 radical (unpaired) electrons. The standard InChI is InChI=1S/C14H19N3O3/c1-17-13(15)7-10(16-17)14-9(8-18-2)11(19-3)5-6-12(14)20-4/h5-7H,8,15H2,1-4H3. The molecule has 1 aromatic carbocycles. The third-order valence-corrected chi connectivity index (χ3v) is 3.13. The minimum Gasteiger partial charge on any atom is -0.496 e. The van der Waals surface area contributed by atoms with Gasteiger partial charge in [-0.15, -0.1) is 0 Å². The highest BCUT2D eigenvalue weighted by atomic mass is 16.5. The van der Waals surface area contributed by atoms with Crippen molar-refractivity contribution in [2.75, 3.05) is 27.1 Å². The van der Waals surface area contributed by atoms with Gasteiger partial charge in [0.2, 0.25) is 0 Å². The second-order valence-electron chi connectivity index (χ2n) is 4.33. The van der Waals surface area contributed by atoms with Crippen molar-refractivity contribution in [3.63, 3.8) is 0 Å². The molecule has 0 saturated carbocycles. The zero-order chi connectivity index (χ0) is 14.7. The lowest BCUT2D eigenvalue weighted by Gasteiger charge is -2.15. The average Bonchev–Trinajstić information content (AvgIpc) is 2.78. The molecule has 6 heteroatoms. The molecule has 0 saturated heterocycles. The highest BCUT2D eigenvalue weighted by molar-refractivity contribution is 5.75. The van der Waals surface area contributed by atoms with Gasteiger partial charge in [-0.3, -0.25) is 4.68 Å². The van der Waals surface area contributed by atoms with E-state index in [1.165, 1.54) is 0 Å². The molecule has 6 nitrogen and oxygen atoms in total. The summed E-state index contributed by atoms with van der Waals surface area (Å²) >= 11 is 0. The fourth-order valence-electron chi connectivity index (χ4n) is 2.14. The van der Waals surface area contributed by atoms with Crippen molar-refractivity contribution in [1.82, 2.24) is 9.78 Å². The zero-order valence-corrected chi connectivity index (χ0v) is 12.1. The van der Waals surface area contributed by atoms with E-state index >= 15 is 0 Å². The third-order valence-electron chi connectivity index (χ3n) is 3.13. The Morgan fingerprint density at radius 3 is 2.30 bits per heavy atom. The molecule has 0 spiro atoms. The van der Waals surface area contributed by atoms with E-state index in [9.17, 15) is 0 Å². The van der Waals surface area contributed by atoms with Crippen molar-refractivity contribution in [2.24, 2.45) is 7.05 Å². The first kappa shape index (κ1) is 14.2. The molecule has 1 aromatic heterocycles. The van der Waals surface area contributed by atoms with Crippen LogP contribution in [0.3, 0.4) is 0 Å². The normalized spacial score (nSPS) is 10.6. The SMILES string of the molecule is COCc1c(OC)ccc(OC)c1-c1cc(N)n(C)n1. The van der Waals surface area contributed by atoms with Gasteiger partial charge >= 0.3 is 0 Å². The molecule has 0 aliphatic heterocycles. The molecule has 0 bridgehead atoms. The van der Waals surface area contributed by atoms with E-state index in [2.05, 4.69) is 5.10 Å². The van der Waals surface area contributed by atoms with Gasteiger partial charge in [-0.05, 0) is 12.1 Å². The number of hydrogen-bond acceptors (Lipinski definition) is 5. The third kappa shape index (κ3) is 2.42. The quantitative estimate of drug-likeness (QED) is 0.902. The number of rotatable bonds is 5. The summed E-state index contributed by atoms with van der Waals surface area (Å²) in [5, 5.41) is 4.41. The van der Waals surface area contributed by atoms with Gasteiger partial charge in [-0.2, -0.15) is 5.10 Å². The first-order chi connectivity index (χ1) is 9.62. The Morgan fingerprint density at radius 2 is 1.80 bits per heavy atom. The maximum absolute atomic E-state index is 5.86. The van der Waals surface area contributed by atoms with Crippen molar-refractivity contribution in [3.05, 3.63) is 23.8 Å². The number of ether oxygens (including phenoxy) is 3. The van der Waals surface area contributed by atoms with E-state index in [0.717, 1.165) is 22.6 Å². The number of methoxy groups -OCH3 is 3. The van der Waals surface area contributed by atoms with Gasteiger partial charge in [0.15, 0.2) is 0 Å². The summed E-state index contributed by atoms with van der Waals surface area (Å²) in [4.78, 5) is 0. The van der Waals surface area contributed by atoms with Gasteiger partial charge in [-0.1, -0.05) is 0 Å². The Bertz CT molecular complexity index is 588. The van der Waals surface area contributed by atoms with Crippen molar-refractivity contribution in [2.45, 2.75) is 6.61 Å². The first-order valence-corrected chi connectivity index (χ1v) is 6.15. The Labute approximate surface area is 118 Å². The van der Waals surface area contributed by atoms with Crippen LogP contribution in [0.4, 0.5) is 5.82 Å². The molecule has 20 heavy (non-hydrogen) atoms. The van der Waals surface area contributed by atoms with Crippen LogP contribution in [0.25, 0.3) is 11.3 Å². The molecule has 0 aliphatic rings. The second kappa shape index (κ2) is 5.83. The topological polar surface area (TPSA) is 71.5 Å². The summed E-state index contributed by atoms with van der Waals surface area (Å²) in [7, 11) is 6.67. The summed E-state index contributed by atoms with van der Waals surface area (Å²) in [6.07, 6.45) is 0. The zero-order valence-electron chi connectivity index (χ0n) is 12.1. The molecular weight excluding hydrogens is 258 g/mol.